The molecule has 3 aromatic rings. The number of aromatic amines is 1. The van der Waals surface area contributed by atoms with Crippen molar-refractivity contribution in [2.45, 2.75) is 31.7 Å². The zero-order valence-corrected chi connectivity index (χ0v) is 19.2. The van der Waals surface area contributed by atoms with Crippen molar-refractivity contribution in [3.63, 3.8) is 0 Å². The van der Waals surface area contributed by atoms with Gasteiger partial charge in [0.25, 0.3) is 5.91 Å². The molecular formula is C25H26F2N6O2. The van der Waals surface area contributed by atoms with Crippen LogP contribution in [-0.4, -0.2) is 45.7 Å². The van der Waals surface area contributed by atoms with Gasteiger partial charge in [-0.3, -0.25) is 4.79 Å². The number of carbonyl (C=O) groups is 2. The number of hydrogen-bond acceptors (Lipinski definition) is 4. The summed E-state index contributed by atoms with van der Waals surface area (Å²) < 4.78 is 28.6. The maximum absolute atomic E-state index is 14.7. The topological polar surface area (TPSA) is 102 Å². The van der Waals surface area contributed by atoms with Gasteiger partial charge >= 0.3 is 6.03 Å². The second-order valence-electron chi connectivity index (χ2n) is 8.19. The first-order valence-corrected chi connectivity index (χ1v) is 11.4. The SMILES string of the molecule is CCNC(=O)N1N=C(c2cc(F)ccc2F)CC1(CCCNC(=O)c1ncc[nH]1)c1ccccc1. The molecule has 10 heteroatoms. The van der Waals surface area contributed by atoms with E-state index in [1.807, 2.05) is 30.3 Å². The number of urea groups is 1. The van der Waals surface area contributed by atoms with Crippen LogP contribution in [0.1, 0.15) is 47.9 Å². The quantitative estimate of drug-likeness (QED) is 0.426. The van der Waals surface area contributed by atoms with Crippen LogP contribution in [0, 0.1) is 11.6 Å². The van der Waals surface area contributed by atoms with E-state index in [0.717, 1.165) is 23.8 Å². The van der Waals surface area contributed by atoms with Gasteiger partial charge in [-0.2, -0.15) is 5.10 Å². The minimum Gasteiger partial charge on any atom is -0.349 e. The van der Waals surface area contributed by atoms with E-state index < -0.39 is 23.2 Å². The molecule has 0 spiro atoms. The predicted molar refractivity (Wildman–Crippen MR) is 127 cm³/mol. The molecule has 1 unspecified atom stereocenters. The summed E-state index contributed by atoms with van der Waals surface area (Å²) in [6, 6.07) is 12.1. The molecule has 2 aromatic carbocycles. The van der Waals surface area contributed by atoms with Gasteiger partial charge < -0.3 is 15.6 Å². The fourth-order valence-electron chi connectivity index (χ4n) is 4.30. The first-order chi connectivity index (χ1) is 16.9. The number of hydrogen-bond donors (Lipinski definition) is 3. The van der Waals surface area contributed by atoms with Crippen LogP contribution < -0.4 is 10.6 Å². The minimum atomic E-state index is -0.954. The van der Waals surface area contributed by atoms with Crippen molar-refractivity contribution in [3.8, 4) is 0 Å². The molecule has 0 saturated carbocycles. The number of nitrogens with one attached hydrogen (secondary N) is 3. The Morgan fingerprint density at radius 3 is 2.66 bits per heavy atom. The summed E-state index contributed by atoms with van der Waals surface area (Å²) >= 11 is 0. The monoisotopic (exact) mass is 480 g/mol. The summed E-state index contributed by atoms with van der Waals surface area (Å²) in [5, 5.41) is 11.4. The predicted octanol–water partition coefficient (Wildman–Crippen LogP) is 3.93. The highest BCUT2D eigenvalue weighted by atomic mass is 19.1. The minimum absolute atomic E-state index is 0.0169. The van der Waals surface area contributed by atoms with Crippen LogP contribution in [-0.2, 0) is 5.54 Å². The second kappa shape index (κ2) is 10.5. The lowest BCUT2D eigenvalue weighted by Crippen LogP contribution is -2.48. The molecule has 4 rings (SSSR count). The van der Waals surface area contributed by atoms with Crippen LogP contribution >= 0.6 is 0 Å². The van der Waals surface area contributed by atoms with Gasteiger partial charge in [0, 0.05) is 37.5 Å². The third-order valence-electron chi connectivity index (χ3n) is 5.92. The normalized spacial score (nSPS) is 17.2. The number of nitrogens with zero attached hydrogens (tertiary/aromatic N) is 3. The van der Waals surface area contributed by atoms with Crippen molar-refractivity contribution in [2.24, 2.45) is 5.10 Å². The number of aromatic nitrogens is 2. The smallest absolute Gasteiger partial charge is 0.338 e. The van der Waals surface area contributed by atoms with Gasteiger partial charge in [0.05, 0.1) is 11.3 Å². The van der Waals surface area contributed by atoms with Crippen molar-refractivity contribution in [2.75, 3.05) is 13.1 Å². The van der Waals surface area contributed by atoms with Gasteiger partial charge in [0.15, 0.2) is 5.82 Å². The summed E-state index contributed by atoms with van der Waals surface area (Å²) in [4.78, 5) is 32.0. The summed E-state index contributed by atoms with van der Waals surface area (Å²) in [7, 11) is 0. The first kappa shape index (κ1) is 24.1. The molecule has 1 aliphatic rings. The molecule has 0 saturated heterocycles. The lowest BCUT2D eigenvalue weighted by atomic mass is 9.80. The van der Waals surface area contributed by atoms with E-state index >= 15 is 0 Å². The van der Waals surface area contributed by atoms with Crippen LogP contribution in [0.25, 0.3) is 0 Å². The van der Waals surface area contributed by atoms with Gasteiger partial charge in [0.1, 0.15) is 11.6 Å². The van der Waals surface area contributed by atoms with E-state index in [9.17, 15) is 18.4 Å². The molecule has 8 nitrogen and oxygen atoms in total. The number of amides is 3. The Balaban J connectivity index is 1.64. The Morgan fingerprint density at radius 2 is 1.94 bits per heavy atom. The molecule has 0 radical (unpaired) electrons. The molecule has 1 aliphatic heterocycles. The number of H-pyrrole nitrogens is 1. The molecular weight excluding hydrogens is 454 g/mol. The lowest BCUT2D eigenvalue weighted by molar-refractivity contribution is 0.0934. The summed E-state index contributed by atoms with van der Waals surface area (Å²) in [6.07, 6.45) is 4.14. The van der Waals surface area contributed by atoms with Crippen LogP contribution in [0.15, 0.2) is 66.0 Å². The average molecular weight is 481 g/mol. The van der Waals surface area contributed by atoms with Crippen molar-refractivity contribution in [1.82, 2.24) is 25.6 Å². The molecule has 0 aliphatic carbocycles. The summed E-state index contributed by atoms with van der Waals surface area (Å²) in [5.41, 5.74) is 0.142. The zero-order chi connectivity index (χ0) is 24.8. The summed E-state index contributed by atoms with van der Waals surface area (Å²) in [5.74, 6) is -1.34. The largest absolute Gasteiger partial charge is 0.349 e. The lowest BCUT2D eigenvalue weighted by Gasteiger charge is -2.37. The van der Waals surface area contributed by atoms with Gasteiger partial charge in [-0.05, 0) is 43.5 Å². The highest BCUT2D eigenvalue weighted by Crippen LogP contribution is 2.43. The Bertz CT molecular complexity index is 1220. The fourth-order valence-corrected chi connectivity index (χ4v) is 4.30. The number of rotatable bonds is 8. The molecule has 3 N–H and O–H groups in total. The molecule has 2 heterocycles. The molecule has 1 aromatic heterocycles. The van der Waals surface area contributed by atoms with Crippen LogP contribution in [0.4, 0.5) is 13.6 Å². The van der Waals surface area contributed by atoms with Gasteiger partial charge in [-0.25, -0.2) is 23.6 Å². The molecule has 0 bridgehead atoms. The molecule has 35 heavy (non-hydrogen) atoms. The van der Waals surface area contributed by atoms with E-state index in [1.54, 1.807) is 13.1 Å². The molecule has 182 valence electrons. The number of carbonyl (C=O) groups excluding carboxylic acids is 2. The van der Waals surface area contributed by atoms with E-state index in [-0.39, 0.29) is 29.4 Å². The number of hydrazone groups is 1. The molecule has 0 fully saturated rings. The van der Waals surface area contributed by atoms with E-state index in [2.05, 4.69) is 25.7 Å². The van der Waals surface area contributed by atoms with E-state index in [4.69, 9.17) is 0 Å². The van der Waals surface area contributed by atoms with Gasteiger partial charge in [-0.1, -0.05) is 30.3 Å². The highest BCUT2D eigenvalue weighted by Gasteiger charge is 2.47. The molecule has 3 amide bonds. The highest BCUT2D eigenvalue weighted by molar-refractivity contribution is 6.04. The van der Waals surface area contributed by atoms with Crippen LogP contribution in [0.3, 0.4) is 0 Å². The van der Waals surface area contributed by atoms with Crippen molar-refractivity contribution >= 4 is 17.6 Å². The third-order valence-corrected chi connectivity index (χ3v) is 5.92. The Hall–Kier alpha value is -4.08. The van der Waals surface area contributed by atoms with Crippen LogP contribution in [0.5, 0.6) is 0 Å². The second-order valence-corrected chi connectivity index (χ2v) is 8.19. The Morgan fingerprint density at radius 1 is 1.14 bits per heavy atom. The fraction of sp³-hybridized carbons (Fsp3) is 0.280. The number of halogens is 2. The maximum atomic E-state index is 14.7. The van der Waals surface area contributed by atoms with Crippen molar-refractivity contribution in [3.05, 3.63) is 89.5 Å². The van der Waals surface area contributed by atoms with Gasteiger partial charge in [-0.15, -0.1) is 0 Å². The summed E-state index contributed by atoms with van der Waals surface area (Å²) in [6.45, 7) is 2.48. The third kappa shape index (κ3) is 5.06. The van der Waals surface area contributed by atoms with E-state index in [0.29, 0.717) is 25.9 Å². The zero-order valence-electron chi connectivity index (χ0n) is 19.2. The Labute approximate surface area is 201 Å². The van der Waals surface area contributed by atoms with Crippen molar-refractivity contribution in [1.29, 1.82) is 0 Å². The Kier molecular flexibility index (Phi) is 7.19. The number of imidazole rings is 1. The first-order valence-electron chi connectivity index (χ1n) is 11.4. The average Bonchev–Trinajstić information content (AvgIpc) is 3.53. The van der Waals surface area contributed by atoms with Crippen LogP contribution in [0.2, 0.25) is 0 Å². The van der Waals surface area contributed by atoms with Crippen molar-refractivity contribution < 1.29 is 18.4 Å². The maximum Gasteiger partial charge on any atom is 0.338 e. The van der Waals surface area contributed by atoms with Gasteiger partial charge in [0.2, 0.25) is 0 Å². The number of benzene rings is 2. The molecule has 1 atom stereocenters. The van der Waals surface area contributed by atoms with E-state index in [1.165, 1.54) is 11.2 Å². The standard InChI is InChI=1S/C25H26F2N6O2/c1-2-28-24(35)33-25(17-7-4-3-5-8-17,11-6-12-31-23(34)22-29-13-14-30-22)16-21(32-33)19-15-18(26)9-10-20(19)27/h3-5,7-10,13-15H,2,6,11-12,16H2,1H3,(H,28,35)(H,29,30)(H,31,34).